The van der Waals surface area contributed by atoms with Crippen molar-refractivity contribution in [2.45, 2.75) is 6.54 Å². The van der Waals surface area contributed by atoms with Crippen LogP contribution in [0.2, 0.25) is 0 Å². The van der Waals surface area contributed by atoms with Crippen LogP contribution in [0.3, 0.4) is 0 Å². The Labute approximate surface area is 196 Å². The summed E-state index contributed by atoms with van der Waals surface area (Å²) in [5, 5.41) is 2.82. The number of methoxy groups -OCH3 is 2. The fraction of sp³-hybridized carbons (Fsp3) is 0.174. The van der Waals surface area contributed by atoms with Crippen LogP contribution in [0.1, 0.15) is 15.9 Å². The van der Waals surface area contributed by atoms with Gasteiger partial charge in [0.2, 0.25) is 10.0 Å². The number of nitrogens with zero attached hydrogens (tertiary/aromatic N) is 1. The first-order valence-corrected chi connectivity index (χ1v) is 12.2. The zero-order valence-electron chi connectivity index (χ0n) is 17.8. The summed E-state index contributed by atoms with van der Waals surface area (Å²) in [4.78, 5) is 13.3. The summed E-state index contributed by atoms with van der Waals surface area (Å²) in [5.41, 5.74) is 1.62. The molecule has 7 nitrogen and oxygen atoms in total. The molecule has 1 N–H and O–H groups in total. The Morgan fingerprint density at radius 1 is 0.969 bits per heavy atom. The molecule has 9 heteroatoms. The Morgan fingerprint density at radius 3 is 2.16 bits per heavy atom. The average molecular weight is 519 g/mol. The maximum Gasteiger partial charge on any atom is 0.257 e. The molecule has 0 aliphatic rings. The summed E-state index contributed by atoms with van der Waals surface area (Å²) in [7, 11) is -0.851. The highest BCUT2D eigenvalue weighted by Crippen LogP contribution is 2.37. The quantitative estimate of drug-likeness (QED) is 0.467. The van der Waals surface area contributed by atoms with E-state index in [0.717, 1.165) is 11.8 Å². The molecular weight excluding hydrogens is 496 g/mol. The van der Waals surface area contributed by atoms with E-state index in [1.165, 1.54) is 30.7 Å². The summed E-state index contributed by atoms with van der Waals surface area (Å²) in [5.74, 6) is 0.123. The monoisotopic (exact) mass is 518 g/mol. The predicted octanol–water partition coefficient (Wildman–Crippen LogP) is 4.68. The Kier molecular flexibility index (Phi) is 7.42. The Bertz CT molecular complexity index is 1220. The molecule has 0 fully saturated rings. The fourth-order valence-corrected chi connectivity index (χ4v) is 4.41. The number of benzene rings is 3. The maximum absolute atomic E-state index is 13.3. The van der Waals surface area contributed by atoms with E-state index in [1.807, 2.05) is 36.4 Å². The number of carbonyl (C=O) groups excluding carboxylic acids is 1. The van der Waals surface area contributed by atoms with Crippen LogP contribution in [0.5, 0.6) is 11.5 Å². The van der Waals surface area contributed by atoms with Gasteiger partial charge in [-0.15, -0.1) is 0 Å². The second kappa shape index (κ2) is 10.1. The SMILES string of the molecule is COc1cc(C(=O)Nc2ccccc2Br)c(N(Cc2ccccc2)S(C)(=O)=O)cc1OC. The second-order valence-electron chi connectivity index (χ2n) is 6.91. The number of ether oxygens (including phenoxy) is 2. The summed E-state index contributed by atoms with van der Waals surface area (Å²) in [6, 6.07) is 19.3. The van der Waals surface area contributed by atoms with Crippen molar-refractivity contribution >= 4 is 43.2 Å². The molecule has 0 saturated carbocycles. The standard InChI is InChI=1S/C23H23BrN2O5S/c1-30-21-13-17(23(27)25-19-12-8-7-11-18(19)24)20(14-22(21)31-2)26(32(3,28)29)15-16-9-5-4-6-10-16/h4-14H,15H2,1-3H3,(H,25,27). The minimum Gasteiger partial charge on any atom is -0.493 e. The molecule has 0 radical (unpaired) electrons. The number of hydrogen-bond donors (Lipinski definition) is 1. The molecule has 0 aliphatic carbocycles. The third-order valence-electron chi connectivity index (χ3n) is 4.71. The largest absolute Gasteiger partial charge is 0.493 e. The lowest BCUT2D eigenvalue weighted by molar-refractivity contribution is 0.102. The van der Waals surface area contributed by atoms with Crippen molar-refractivity contribution < 1.29 is 22.7 Å². The first-order chi connectivity index (χ1) is 15.2. The number of sulfonamides is 1. The van der Waals surface area contributed by atoms with Crippen LogP contribution < -0.4 is 19.1 Å². The van der Waals surface area contributed by atoms with Crippen molar-refractivity contribution in [3.63, 3.8) is 0 Å². The number of nitrogens with one attached hydrogen (secondary N) is 1. The van der Waals surface area contributed by atoms with E-state index in [9.17, 15) is 13.2 Å². The first-order valence-electron chi connectivity index (χ1n) is 9.58. The molecule has 0 aliphatic heterocycles. The van der Waals surface area contributed by atoms with Gasteiger partial charge in [0.25, 0.3) is 5.91 Å². The number of halogens is 1. The summed E-state index contributed by atoms with van der Waals surface area (Å²) < 4.78 is 38.2. The fourth-order valence-electron chi connectivity index (χ4n) is 3.14. The molecule has 0 atom stereocenters. The molecule has 32 heavy (non-hydrogen) atoms. The molecule has 0 aromatic heterocycles. The Balaban J connectivity index is 2.15. The predicted molar refractivity (Wildman–Crippen MR) is 129 cm³/mol. The van der Waals surface area contributed by atoms with Gasteiger partial charge in [0.1, 0.15) is 0 Å². The van der Waals surface area contributed by atoms with Crippen LogP contribution in [0.4, 0.5) is 11.4 Å². The lowest BCUT2D eigenvalue weighted by atomic mass is 10.1. The van der Waals surface area contributed by atoms with Gasteiger partial charge in [0, 0.05) is 10.5 Å². The van der Waals surface area contributed by atoms with Gasteiger partial charge in [-0.25, -0.2) is 8.42 Å². The summed E-state index contributed by atoms with van der Waals surface area (Å²) in [6.45, 7) is 0.0461. The highest BCUT2D eigenvalue weighted by Gasteiger charge is 2.27. The average Bonchev–Trinajstić information content (AvgIpc) is 2.78. The molecule has 0 bridgehead atoms. The van der Waals surface area contributed by atoms with Gasteiger partial charge in [0.05, 0.1) is 44.0 Å². The molecule has 0 spiro atoms. The minimum atomic E-state index is -3.75. The van der Waals surface area contributed by atoms with Crippen LogP contribution in [-0.2, 0) is 16.6 Å². The van der Waals surface area contributed by atoms with Crippen LogP contribution in [-0.4, -0.2) is 34.8 Å². The highest BCUT2D eigenvalue weighted by atomic mass is 79.9. The van der Waals surface area contributed by atoms with E-state index in [2.05, 4.69) is 21.2 Å². The normalized spacial score (nSPS) is 11.0. The lowest BCUT2D eigenvalue weighted by Gasteiger charge is -2.26. The summed E-state index contributed by atoms with van der Waals surface area (Å²) in [6.07, 6.45) is 1.10. The van der Waals surface area contributed by atoms with Crippen molar-refractivity contribution in [2.24, 2.45) is 0 Å². The third kappa shape index (κ3) is 5.41. The molecule has 0 saturated heterocycles. The van der Waals surface area contributed by atoms with Gasteiger partial charge < -0.3 is 14.8 Å². The van der Waals surface area contributed by atoms with E-state index in [-0.39, 0.29) is 17.8 Å². The van der Waals surface area contributed by atoms with Crippen LogP contribution >= 0.6 is 15.9 Å². The Morgan fingerprint density at radius 2 is 1.56 bits per heavy atom. The van der Waals surface area contributed by atoms with E-state index in [4.69, 9.17) is 9.47 Å². The zero-order chi connectivity index (χ0) is 23.3. The van der Waals surface area contributed by atoms with Crippen molar-refractivity contribution in [3.05, 3.63) is 82.3 Å². The van der Waals surface area contributed by atoms with E-state index < -0.39 is 15.9 Å². The second-order valence-corrected chi connectivity index (χ2v) is 9.67. The molecule has 168 valence electrons. The molecule has 3 aromatic rings. The van der Waals surface area contributed by atoms with E-state index in [1.54, 1.807) is 18.2 Å². The lowest BCUT2D eigenvalue weighted by Crippen LogP contribution is -2.31. The van der Waals surface area contributed by atoms with Gasteiger partial charge >= 0.3 is 0 Å². The van der Waals surface area contributed by atoms with Crippen LogP contribution in [0.15, 0.2) is 71.2 Å². The van der Waals surface area contributed by atoms with E-state index in [0.29, 0.717) is 21.7 Å². The van der Waals surface area contributed by atoms with Crippen LogP contribution in [0, 0.1) is 0 Å². The first kappa shape index (κ1) is 23.6. The highest BCUT2D eigenvalue weighted by molar-refractivity contribution is 9.10. The zero-order valence-corrected chi connectivity index (χ0v) is 20.2. The van der Waals surface area contributed by atoms with Crippen molar-refractivity contribution in [2.75, 3.05) is 30.1 Å². The molecule has 1 amide bonds. The van der Waals surface area contributed by atoms with Crippen molar-refractivity contribution in [1.82, 2.24) is 0 Å². The molecule has 0 unspecified atom stereocenters. The van der Waals surface area contributed by atoms with Gasteiger partial charge in [-0.3, -0.25) is 9.10 Å². The van der Waals surface area contributed by atoms with Gasteiger partial charge in [0.15, 0.2) is 11.5 Å². The smallest absolute Gasteiger partial charge is 0.257 e. The number of amides is 1. The maximum atomic E-state index is 13.3. The van der Waals surface area contributed by atoms with E-state index >= 15 is 0 Å². The molecular formula is C23H23BrN2O5S. The number of rotatable bonds is 8. The number of hydrogen-bond acceptors (Lipinski definition) is 5. The number of carbonyl (C=O) groups is 1. The molecule has 3 rings (SSSR count). The minimum absolute atomic E-state index is 0.0461. The van der Waals surface area contributed by atoms with Crippen LogP contribution in [0.25, 0.3) is 0 Å². The third-order valence-corrected chi connectivity index (χ3v) is 6.52. The molecule has 0 heterocycles. The number of para-hydroxylation sites is 1. The topological polar surface area (TPSA) is 84.9 Å². The number of anilines is 2. The Hall–Kier alpha value is -3.04. The van der Waals surface area contributed by atoms with Gasteiger partial charge in [-0.2, -0.15) is 0 Å². The van der Waals surface area contributed by atoms with Crippen molar-refractivity contribution in [1.29, 1.82) is 0 Å². The van der Waals surface area contributed by atoms with Gasteiger partial charge in [-0.1, -0.05) is 42.5 Å². The van der Waals surface area contributed by atoms with Crippen molar-refractivity contribution in [3.8, 4) is 11.5 Å². The molecule has 3 aromatic carbocycles. The van der Waals surface area contributed by atoms with Gasteiger partial charge in [-0.05, 0) is 39.7 Å². The summed E-state index contributed by atoms with van der Waals surface area (Å²) >= 11 is 3.41.